The van der Waals surface area contributed by atoms with Gasteiger partial charge >= 0.3 is 0 Å². The number of hydrogen-bond acceptors (Lipinski definition) is 7. The summed E-state index contributed by atoms with van der Waals surface area (Å²) in [6, 6.07) is 3.69. The van der Waals surface area contributed by atoms with Gasteiger partial charge in [-0.3, -0.25) is 4.79 Å². The summed E-state index contributed by atoms with van der Waals surface area (Å²) in [6.07, 6.45) is 4.59. The molecule has 7 nitrogen and oxygen atoms in total. The average Bonchev–Trinajstić information content (AvgIpc) is 3.35. The van der Waals surface area contributed by atoms with Crippen LogP contribution in [-0.4, -0.2) is 60.8 Å². The van der Waals surface area contributed by atoms with Crippen LogP contribution in [0, 0.1) is 17.6 Å². The number of hydrogen-bond donors (Lipinski definition) is 2. The Balaban J connectivity index is 1.29. The zero-order chi connectivity index (χ0) is 22.9. The lowest BCUT2D eigenvalue weighted by Gasteiger charge is -2.43. The van der Waals surface area contributed by atoms with Crippen LogP contribution in [0.25, 0.3) is 5.57 Å². The highest BCUT2D eigenvalue weighted by Gasteiger charge is 2.52. The number of aliphatic hydroxyl groups is 2. The van der Waals surface area contributed by atoms with Crippen LogP contribution < -0.4 is 0 Å². The number of aromatic nitrogens is 2. The molecule has 1 saturated carbocycles. The molecule has 1 aliphatic carbocycles. The molecular weight excluding hydrogens is 450 g/mol. The zero-order valence-electron chi connectivity index (χ0n) is 17.6. The smallest absolute Gasteiger partial charge is 0.274 e. The molecule has 1 amide bonds. The van der Waals surface area contributed by atoms with E-state index >= 15 is 0 Å². The lowest BCUT2D eigenvalue weighted by Crippen LogP contribution is -2.55. The highest BCUT2D eigenvalue weighted by molar-refractivity contribution is 7.12. The number of piperazine rings is 1. The zero-order valence-corrected chi connectivity index (χ0v) is 18.4. The molecular formula is C23H22F2N4O3S. The summed E-state index contributed by atoms with van der Waals surface area (Å²) in [6.45, 7) is 0.564. The first-order valence-corrected chi connectivity index (χ1v) is 11.9. The lowest BCUT2D eigenvalue weighted by atomic mass is 9.86. The van der Waals surface area contributed by atoms with Crippen molar-refractivity contribution in [3.8, 4) is 0 Å². The first-order valence-electron chi connectivity index (χ1n) is 11.1. The molecule has 33 heavy (non-hydrogen) atoms. The molecule has 1 aromatic carbocycles. The standard InChI is InChI=1S/C23H22F2N4O3S/c24-13-5-4-11(16(25)8-13)7-18-26-27-22(33-18)15-9-28-10-17-12-2-1-3-14(6-12)29(17)23(32)19(28)21(31)20(15)30/h4-5,8-9,12,14,17,20,30-31H,1-3,6-7,10H2/t12-,14+,17+,20?/m0/s1. The van der Waals surface area contributed by atoms with Crippen molar-refractivity contribution in [2.75, 3.05) is 6.54 Å². The molecule has 0 radical (unpaired) electrons. The van der Waals surface area contributed by atoms with Gasteiger partial charge in [-0.15, -0.1) is 10.2 Å². The number of aliphatic hydroxyl groups excluding tert-OH is 2. The van der Waals surface area contributed by atoms with Crippen molar-refractivity contribution in [3.05, 3.63) is 63.1 Å². The topological polar surface area (TPSA) is 89.8 Å². The van der Waals surface area contributed by atoms with E-state index in [-0.39, 0.29) is 41.4 Å². The van der Waals surface area contributed by atoms with E-state index in [1.54, 1.807) is 11.1 Å². The van der Waals surface area contributed by atoms with Crippen molar-refractivity contribution in [2.45, 2.75) is 50.3 Å². The van der Waals surface area contributed by atoms with E-state index in [1.807, 2.05) is 4.90 Å². The van der Waals surface area contributed by atoms with Gasteiger partial charge in [0, 0.05) is 36.8 Å². The Hall–Kier alpha value is -2.85. The fourth-order valence-electron chi connectivity index (χ4n) is 5.72. The molecule has 1 unspecified atom stereocenters. The predicted molar refractivity (Wildman–Crippen MR) is 116 cm³/mol. The van der Waals surface area contributed by atoms with Crippen LogP contribution in [0.2, 0.25) is 0 Å². The van der Waals surface area contributed by atoms with Gasteiger partial charge in [0.05, 0.1) is 6.04 Å². The fourth-order valence-corrected chi connectivity index (χ4v) is 6.62. The summed E-state index contributed by atoms with van der Waals surface area (Å²) in [7, 11) is 0. The van der Waals surface area contributed by atoms with Crippen LogP contribution in [-0.2, 0) is 11.2 Å². The average molecular weight is 473 g/mol. The second-order valence-corrected chi connectivity index (χ2v) is 10.2. The molecule has 10 heteroatoms. The third kappa shape index (κ3) is 3.26. The second-order valence-electron chi connectivity index (χ2n) is 9.15. The maximum atomic E-state index is 14.0. The lowest BCUT2D eigenvalue weighted by molar-refractivity contribution is -0.135. The van der Waals surface area contributed by atoms with Crippen LogP contribution in [0.4, 0.5) is 8.78 Å². The van der Waals surface area contributed by atoms with Gasteiger partial charge in [-0.2, -0.15) is 0 Å². The van der Waals surface area contributed by atoms with Crippen molar-refractivity contribution in [3.63, 3.8) is 0 Å². The molecule has 4 aliphatic rings. The van der Waals surface area contributed by atoms with Crippen molar-refractivity contribution >= 4 is 22.8 Å². The van der Waals surface area contributed by atoms with Gasteiger partial charge < -0.3 is 20.0 Å². The molecule has 4 atom stereocenters. The van der Waals surface area contributed by atoms with Crippen LogP contribution in [0.3, 0.4) is 0 Å². The third-order valence-electron chi connectivity index (χ3n) is 7.25. The molecule has 2 aromatic rings. The molecule has 2 bridgehead atoms. The van der Waals surface area contributed by atoms with Crippen LogP contribution >= 0.6 is 11.3 Å². The summed E-state index contributed by atoms with van der Waals surface area (Å²) in [5.41, 5.74) is 0.770. The fraction of sp³-hybridized carbons (Fsp3) is 0.435. The number of halogens is 2. The molecule has 3 aliphatic heterocycles. The molecule has 2 N–H and O–H groups in total. The Morgan fingerprint density at radius 2 is 2.06 bits per heavy atom. The predicted octanol–water partition coefficient (Wildman–Crippen LogP) is 2.98. The van der Waals surface area contributed by atoms with Gasteiger partial charge in [-0.1, -0.05) is 23.8 Å². The summed E-state index contributed by atoms with van der Waals surface area (Å²) < 4.78 is 27.2. The molecule has 0 spiro atoms. The minimum atomic E-state index is -1.40. The van der Waals surface area contributed by atoms with Gasteiger partial charge in [0.2, 0.25) is 0 Å². The molecule has 3 fully saturated rings. The molecule has 4 heterocycles. The number of carbonyl (C=O) groups is 1. The minimum Gasteiger partial charge on any atom is -0.507 e. The summed E-state index contributed by atoms with van der Waals surface area (Å²) in [5, 5.41) is 30.7. The van der Waals surface area contributed by atoms with E-state index in [4.69, 9.17) is 0 Å². The van der Waals surface area contributed by atoms with E-state index in [0.717, 1.165) is 43.1 Å². The summed E-state index contributed by atoms with van der Waals surface area (Å²) in [5.74, 6) is -1.45. The second kappa shape index (κ2) is 7.59. The SMILES string of the molecule is O=C1C2=C(O)C(O)C(c3nnc(Cc4ccc(F)cc4F)s3)=CN2C[C@@H]2[C@H]3CCC[C@H](C3)N12. The monoisotopic (exact) mass is 472 g/mol. The largest absolute Gasteiger partial charge is 0.507 e. The number of fused-ring (bicyclic) bond motifs is 6. The van der Waals surface area contributed by atoms with Crippen molar-refractivity contribution in [2.24, 2.45) is 5.92 Å². The third-order valence-corrected chi connectivity index (χ3v) is 8.22. The maximum absolute atomic E-state index is 14.0. The Morgan fingerprint density at radius 3 is 2.88 bits per heavy atom. The maximum Gasteiger partial charge on any atom is 0.274 e. The van der Waals surface area contributed by atoms with Gasteiger partial charge in [-0.05, 0) is 36.8 Å². The highest BCUT2D eigenvalue weighted by Crippen LogP contribution is 2.46. The van der Waals surface area contributed by atoms with Gasteiger partial charge in [0.1, 0.15) is 33.5 Å². The van der Waals surface area contributed by atoms with Crippen molar-refractivity contribution in [1.82, 2.24) is 20.0 Å². The van der Waals surface area contributed by atoms with E-state index in [1.165, 1.54) is 12.1 Å². The van der Waals surface area contributed by atoms with E-state index in [0.29, 0.717) is 28.1 Å². The minimum absolute atomic E-state index is 0.0979. The van der Waals surface area contributed by atoms with E-state index < -0.39 is 17.7 Å². The highest BCUT2D eigenvalue weighted by atomic mass is 32.1. The first-order chi connectivity index (χ1) is 15.9. The Bertz CT molecular complexity index is 1210. The quantitative estimate of drug-likeness (QED) is 0.714. The Morgan fingerprint density at radius 1 is 1.21 bits per heavy atom. The summed E-state index contributed by atoms with van der Waals surface area (Å²) in [4.78, 5) is 16.9. The normalized spacial score (nSPS) is 28.7. The van der Waals surface area contributed by atoms with Gasteiger partial charge in [0.15, 0.2) is 5.76 Å². The summed E-state index contributed by atoms with van der Waals surface area (Å²) >= 11 is 1.16. The molecule has 172 valence electrons. The first kappa shape index (κ1) is 20.7. The van der Waals surface area contributed by atoms with Crippen molar-refractivity contribution < 1.29 is 23.8 Å². The number of nitrogens with zero attached hydrogens (tertiary/aromatic N) is 4. The van der Waals surface area contributed by atoms with Crippen LogP contribution in [0.5, 0.6) is 0 Å². The molecule has 6 rings (SSSR count). The van der Waals surface area contributed by atoms with E-state index in [2.05, 4.69) is 10.2 Å². The number of rotatable bonds is 3. The molecule has 1 aromatic heterocycles. The number of carbonyl (C=O) groups excluding carboxylic acids is 1. The van der Waals surface area contributed by atoms with Crippen LogP contribution in [0.15, 0.2) is 35.9 Å². The Kier molecular flexibility index (Phi) is 4.77. The van der Waals surface area contributed by atoms with E-state index in [9.17, 15) is 23.8 Å². The van der Waals surface area contributed by atoms with Gasteiger partial charge in [0.25, 0.3) is 5.91 Å². The molecule has 2 saturated heterocycles. The van der Waals surface area contributed by atoms with Crippen molar-refractivity contribution in [1.29, 1.82) is 0 Å². The van der Waals surface area contributed by atoms with Crippen LogP contribution in [0.1, 0.15) is 41.3 Å². The van der Waals surface area contributed by atoms with Gasteiger partial charge in [-0.25, -0.2) is 8.78 Å². The number of amides is 1. The Labute approximate surface area is 192 Å². The number of benzene rings is 1.